The fraction of sp³-hybridized carbons (Fsp3) is 0.231. The average molecular weight is 202 g/mol. The van der Waals surface area contributed by atoms with Crippen LogP contribution in [0, 0.1) is 20.8 Å². The van der Waals surface area contributed by atoms with Crippen LogP contribution in [-0.4, -0.2) is 0 Å². The number of rotatable bonds is 1. The molecular formula is C13H14S. The Morgan fingerprint density at radius 1 is 0.929 bits per heavy atom. The molecule has 2 rings (SSSR count). The van der Waals surface area contributed by atoms with Gasteiger partial charge in [-0.3, -0.25) is 0 Å². The van der Waals surface area contributed by atoms with Crippen LogP contribution in [0.1, 0.15) is 16.7 Å². The summed E-state index contributed by atoms with van der Waals surface area (Å²) < 4.78 is 0. The van der Waals surface area contributed by atoms with Gasteiger partial charge in [0, 0.05) is 4.88 Å². The maximum Gasteiger partial charge on any atom is 0.0374 e. The highest BCUT2D eigenvalue weighted by molar-refractivity contribution is 7.13. The third-order valence-corrected chi connectivity index (χ3v) is 3.54. The van der Waals surface area contributed by atoms with Crippen molar-refractivity contribution >= 4 is 11.3 Å². The molecule has 0 bridgehead atoms. The Hall–Kier alpha value is -1.08. The zero-order chi connectivity index (χ0) is 10.1. The summed E-state index contributed by atoms with van der Waals surface area (Å²) >= 11 is 1.82. The van der Waals surface area contributed by atoms with E-state index in [1.807, 2.05) is 11.3 Å². The molecule has 1 aromatic heterocycles. The normalized spacial score (nSPS) is 10.5. The molecule has 0 spiro atoms. The summed E-state index contributed by atoms with van der Waals surface area (Å²) in [5.41, 5.74) is 5.46. The Labute approximate surface area is 89.2 Å². The molecule has 0 unspecified atom stereocenters. The van der Waals surface area contributed by atoms with Crippen molar-refractivity contribution in [3.05, 3.63) is 46.3 Å². The van der Waals surface area contributed by atoms with Crippen molar-refractivity contribution in [3.8, 4) is 10.4 Å². The van der Waals surface area contributed by atoms with Crippen molar-refractivity contribution < 1.29 is 0 Å². The third-order valence-electron chi connectivity index (χ3n) is 2.49. The molecule has 14 heavy (non-hydrogen) atoms. The van der Waals surface area contributed by atoms with E-state index in [2.05, 4.69) is 50.4 Å². The highest BCUT2D eigenvalue weighted by Gasteiger charge is 2.05. The van der Waals surface area contributed by atoms with E-state index < -0.39 is 0 Å². The Kier molecular flexibility index (Phi) is 2.42. The van der Waals surface area contributed by atoms with Gasteiger partial charge in [-0.1, -0.05) is 23.8 Å². The highest BCUT2D eigenvalue weighted by atomic mass is 32.1. The standard InChI is InChI=1S/C13H14S/c1-9-4-5-12(11(3)8-9)13-10(2)6-7-14-13/h4-8H,1-3H3. The number of aryl methyl sites for hydroxylation is 3. The first-order valence-corrected chi connectivity index (χ1v) is 5.68. The van der Waals surface area contributed by atoms with Crippen LogP contribution in [-0.2, 0) is 0 Å². The molecular weight excluding hydrogens is 188 g/mol. The van der Waals surface area contributed by atoms with Gasteiger partial charge in [0.2, 0.25) is 0 Å². The first-order valence-electron chi connectivity index (χ1n) is 4.80. The van der Waals surface area contributed by atoms with E-state index >= 15 is 0 Å². The molecule has 0 aliphatic rings. The van der Waals surface area contributed by atoms with Gasteiger partial charge in [0.25, 0.3) is 0 Å². The second-order valence-corrected chi connectivity index (χ2v) is 4.67. The molecule has 1 aromatic carbocycles. The molecule has 0 fully saturated rings. The SMILES string of the molecule is Cc1ccc(-c2sccc2C)c(C)c1. The van der Waals surface area contributed by atoms with Gasteiger partial charge in [-0.2, -0.15) is 0 Å². The minimum atomic E-state index is 1.33. The highest BCUT2D eigenvalue weighted by Crippen LogP contribution is 2.31. The van der Waals surface area contributed by atoms with E-state index in [0.717, 1.165) is 0 Å². The smallest absolute Gasteiger partial charge is 0.0374 e. The number of hydrogen-bond acceptors (Lipinski definition) is 1. The fourth-order valence-electron chi connectivity index (χ4n) is 1.72. The van der Waals surface area contributed by atoms with Crippen LogP contribution in [0.15, 0.2) is 29.6 Å². The Bertz CT molecular complexity index is 452. The Morgan fingerprint density at radius 2 is 1.71 bits per heavy atom. The number of hydrogen-bond donors (Lipinski definition) is 0. The third kappa shape index (κ3) is 1.60. The lowest BCUT2D eigenvalue weighted by molar-refractivity contribution is 1.38. The summed E-state index contributed by atoms with van der Waals surface area (Å²) in [7, 11) is 0. The monoisotopic (exact) mass is 202 g/mol. The lowest BCUT2D eigenvalue weighted by Crippen LogP contribution is -1.83. The molecule has 0 radical (unpaired) electrons. The van der Waals surface area contributed by atoms with E-state index in [1.54, 1.807) is 0 Å². The summed E-state index contributed by atoms with van der Waals surface area (Å²) in [6, 6.07) is 8.83. The van der Waals surface area contributed by atoms with Crippen molar-refractivity contribution in [1.82, 2.24) is 0 Å². The fourth-order valence-corrected chi connectivity index (χ4v) is 2.74. The van der Waals surface area contributed by atoms with Gasteiger partial charge in [0.05, 0.1) is 0 Å². The molecule has 72 valence electrons. The first-order chi connectivity index (χ1) is 6.68. The van der Waals surface area contributed by atoms with Gasteiger partial charge >= 0.3 is 0 Å². The van der Waals surface area contributed by atoms with Crippen LogP contribution in [0.3, 0.4) is 0 Å². The van der Waals surface area contributed by atoms with Crippen molar-refractivity contribution in [1.29, 1.82) is 0 Å². The molecule has 1 heteroatoms. The average Bonchev–Trinajstić information content (AvgIpc) is 2.52. The Morgan fingerprint density at radius 3 is 2.29 bits per heavy atom. The van der Waals surface area contributed by atoms with Gasteiger partial charge in [0.15, 0.2) is 0 Å². The molecule has 0 aliphatic heterocycles. The largest absolute Gasteiger partial charge is 0.144 e. The van der Waals surface area contributed by atoms with E-state index in [-0.39, 0.29) is 0 Å². The minimum Gasteiger partial charge on any atom is -0.144 e. The predicted molar refractivity (Wildman–Crippen MR) is 64.0 cm³/mol. The molecule has 0 saturated carbocycles. The lowest BCUT2D eigenvalue weighted by Gasteiger charge is -2.05. The van der Waals surface area contributed by atoms with Crippen LogP contribution in [0.2, 0.25) is 0 Å². The van der Waals surface area contributed by atoms with E-state index in [1.165, 1.54) is 27.1 Å². The minimum absolute atomic E-state index is 1.33. The molecule has 0 N–H and O–H groups in total. The van der Waals surface area contributed by atoms with Crippen LogP contribution in [0.4, 0.5) is 0 Å². The summed E-state index contributed by atoms with van der Waals surface area (Å²) in [4.78, 5) is 1.41. The van der Waals surface area contributed by atoms with Crippen LogP contribution < -0.4 is 0 Å². The van der Waals surface area contributed by atoms with Gasteiger partial charge < -0.3 is 0 Å². The van der Waals surface area contributed by atoms with Crippen LogP contribution in [0.25, 0.3) is 10.4 Å². The topological polar surface area (TPSA) is 0 Å². The second-order valence-electron chi connectivity index (χ2n) is 3.75. The van der Waals surface area contributed by atoms with Gasteiger partial charge in [-0.15, -0.1) is 11.3 Å². The zero-order valence-electron chi connectivity index (χ0n) is 8.79. The Balaban J connectivity index is 2.58. The van der Waals surface area contributed by atoms with Gasteiger partial charge in [-0.05, 0) is 48.9 Å². The zero-order valence-corrected chi connectivity index (χ0v) is 9.61. The van der Waals surface area contributed by atoms with Crippen LogP contribution in [0.5, 0.6) is 0 Å². The van der Waals surface area contributed by atoms with Crippen LogP contribution >= 0.6 is 11.3 Å². The molecule has 1 heterocycles. The van der Waals surface area contributed by atoms with Gasteiger partial charge in [0.1, 0.15) is 0 Å². The van der Waals surface area contributed by atoms with Crippen molar-refractivity contribution in [2.24, 2.45) is 0 Å². The molecule has 0 atom stereocenters. The molecule has 2 aromatic rings. The number of benzene rings is 1. The lowest BCUT2D eigenvalue weighted by atomic mass is 10.0. The first kappa shape index (κ1) is 9.47. The van der Waals surface area contributed by atoms with Crippen molar-refractivity contribution in [3.63, 3.8) is 0 Å². The second kappa shape index (κ2) is 3.58. The quantitative estimate of drug-likeness (QED) is 0.645. The molecule has 0 aliphatic carbocycles. The predicted octanol–water partition coefficient (Wildman–Crippen LogP) is 4.34. The summed E-state index contributed by atoms with van der Waals surface area (Å²) in [6.07, 6.45) is 0. The maximum absolute atomic E-state index is 2.24. The summed E-state index contributed by atoms with van der Waals surface area (Å²) in [6.45, 7) is 6.49. The van der Waals surface area contributed by atoms with Crippen molar-refractivity contribution in [2.45, 2.75) is 20.8 Å². The summed E-state index contributed by atoms with van der Waals surface area (Å²) in [5, 5.41) is 2.16. The van der Waals surface area contributed by atoms with Gasteiger partial charge in [-0.25, -0.2) is 0 Å². The molecule has 0 nitrogen and oxygen atoms in total. The van der Waals surface area contributed by atoms with E-state index in [0.29, 0.717) is 0 Å². The van der Waals surface area contributed by atoms with Crippen molar-refractivity contribution in [2.75, 3.05) is 0 Å². The maximum atomic E-state index is 2.24. The summed E-state index contributed by atoms with van der Waals surface area (Å²) in [5.74, 6) is 0. The number of thiophene rings is 1. The van der Waals surface area contributed by atoms with E-state index in [4.69, 9.17) is 0 Å². The molecule has 0 saturated heterocycles. The van der Waals surface area contributed by atoms with E-state index in [9.17, 15) is 0 Å². The molecule has 0 amide bonds.